The van der Waals surface area contributed by atoms with Crippen molar-refractivity contribution in [3.63, 3.8) is 0 Å². The number of carbonyl (C=O) groups excluding carboxylic acids is 3. The second-order valence-electron chi connectivity index (χ2n) is 12.2. The van der Waals surface area contributed by atoms with Gasteiger partial charge < -0.3 is 25.4 Å². The zero-order chi connectivity index (χ0) is 30.4. The van der Waals surface area contributed by atoms with Crippen LogP contribution in [0.25, 0.3) is 0 Å². The lowest BCUT2D eigenvalue weighted by molar-refractivity contribution is -0.149. The number of hydrogen-bond donors (Lipinski definition) is 3. The van der Waals surface area contributed by atoms with Crippen molar-refractivity contribution in [1.82, 2.24) is 10.2 Å². The van der Waals surface area contributed by atoms with Crippen molar-refractivity contribution < 1.29 is 24.2 Å². The Balaban J connectivity index is 1.38. The summed E-state index contributed by atoms with van der Waals surface area (Å²) in [5, 5.41) is 17.2. The lowest BCUT2D eigenvalue weighted by Gasteiger charge is -2.37. The number of hydrogen-bond acceptors (Lipinski definition) is 5. The molecule has 0 aromatic heterocycles. The highest BCUT2D eigenvalue weighted by Crippen LogP contribution is 2.65. The van der Waals surface area contributed by atoms with Crippen molar-refractivity contribution >= 4 is 35.0 Å². The van der Waals surface area contributed by atoms with Crippen LogP contribution in [0.5, 0.6) is 0 Å². The number of nitrogens with one attached hydrogen (secondary N) is 2. The van der Waals surface area contributed by atoms with Crippen LogP contribution in [0.15, 0.2) is 84.9 Å². The molecule has 8 nitrogen and oxygen atoms in total. The molecule has 7 atom stereocenters. The molecule has 3 amide bonds. The zero-order valence-electron chi connectivity index (χ0n) is 24.2. The van der Waals surface area contributed by atoms with E-state index >= 15 is 0 Å². The van der Waals surface area contributed by atoms with Gasteiger partial charge in [0.15, 0.2) is 0 Å². The third kappa shape index (κ3) is 5.01. The van der Waals surface area contributed by atoms with Gasteiger partial charge in [0.25, 0.3) is 0 Å². The Morgan fingerprint density at radius 2 is 1.63 bits per heavy atom. The van der Waals surface area contributed by atoms with Crippen LogP contribution in [0.2, 0.25) is 5.02 Å². The van der Waals surface area contributed by atoms with E-state index in [4.69, 9.17) is 16.3 Å². The molecule has 43 heavy (non-hydrogen) atoms. The van der Waals surface area contributed by atoms with Crippen LogP contribution in [0.3, 0.4) is 0 Å². The van der Waals surface area contributed by atoms with Gasteiger partial charge >= 0.3 is 0 Å². The molecule has 3 aliphatic heterocycles. The number of rotatable bonds is 9. The van der Waals surface area contributed by atoms with E-state index in [2.05, 4.69) is 10.6 Å². The van der Waals surface area contributed by atoms with E-state index in [1.807, 2.05) is 74.5 Å². The number of benzene rings is 3. The summed E-state index contributed by atoms with van der Waals surface area (Å²) < 4.78 is 6.82. The average molecular weight is 602 g/mol. The molecule has 3 aliphatic rings. The number of fused-ring (bicyclic) bond motifs is 1. The first-order valence-electron chi connectivity index (χ1n) is 14.7. The summed E-state index contributed by atoms with van der Waals surface area (Å²) in [4.78, 5) is 44.3. The predicted octanol–water partition coefficient (Wildman–Crippen LogP) is 4.21. The van der Waals surface area contributed by atoms with Gasteiger partial charge in [-0.2, -0.15) is 0 Å². The molecule has 3 aromatic carbocycles. The van der Waals surface area contributed by atoms with Gasteiger partial charge in [0.1, 0.15) is 11.6 Å². The van der Waals surface area contributed by atoms with Crippen molar-refractivity contribution in [3.8, 4) is 0 Å². The smallest absolute Gasteiger partial charge is 0.250 e. The van der Waals surface area contributed by atoms with Gasteiger partial charge in [-0.15, -0.1) is 0 Å². The number of halogens is 1. The molecule has 1 spiro atoms. The van der Waals surface area contributed by atoms with Gasteiger partial charge in [-0.25, -0.2) is 0 Å². The monoisotopic (exact) mass is 601 g/mol. The maximum absolute atomic E-state index is 14.6. The Bertz CT molecular complexity index is 1500. The number of likely N-dealkylation sites (tertiary alicyclic amines) is 1. The highest BCUT2D eigenvalue weighted by Gasteiger charge is 2.80. The van der Waals surface area contributed by atoms with E-state index in [0.717, 1.165) is 11.1 Å². The first kappa shape index (κ1) is 29.4. The topological polar surface area (TPSA) is 108 Å². The molecule has 3 aromatic rings. The molecule has 3 fully saturated rings. The molecule has 6 rings (SSSR count). The van der Waals surface area contributed by atoms with Gasteiger partial charge in [0, 0.05) is 17.3 Å². The van der Waals surface area contributed by atoms with Crippen LogP contribution in [0.4, 0.5) is 5.69 Å². The Labute approximate surface area is 256 Å². The van der Waals surface area contributed by atoms with Crippen molar-refractivity contribution in [3.05, 3.63) is 101 Å². The van der Waals surface area contributed by atoms with Crippen LogP contribution in [-0.4, -0.2) is 57.6 Å². The number of carbonyl (C=O) groups is 3. The Morgan fingerprint density at radius 1 is 1.00 bits per heavy atom. The van der Waals surface area contributed by atoms with Gasteiger partial charge in [-0.1, -0.05) is 79.2 Å². The Morgan fingerprint density at radius 3 is 2.26 bits per heavy atom. The van der Waals surface area contributed by atoms with Gasteiger partial charge in [-0.05, 0) is 61.1 Å². The summed E-state index contributed by atoms with van der Waals surface area (Å²) in [7, 11) is 0. The molecule has 3 N–H and O–H groups in total. The van der Waals surface area contributed by atoms with Gasteiger partial charge in [0.05, 0.1) is 30.1 Å². The van der Waals surface area contributed by atoms with Crippen molar-refractivity contribution in [2.45, 2.75) is 56.5 Å². The van der Waals surface area contributed by atoms with E-state index < -0.39 is 41.0 Å². The lowest BCUT2D eigenvalue weighted by Crippen LogP contribution is -2.57. The van der Waals surface area contributed by atoms with E-state index in [1.54, 1.807) is 24.3 Å². The maximum Gasteiger partial charge on any atom is 0.250 e. The number of amides is 3. The summed E-state index contributed by atoms with van der Waals surface area (Å²) in [6, 6.07) is 24.1. The summed E-state index contributed by atoms with van der Waals surface area (Å²) in [5.41, 5.74) is 0.203. The van der Waals surface area contributed by atoms with E-state index in [0.29, 0.717) is 30.1 Å². The second kappa shape index (κ2) is 11.4. The van der Waals surface area contributed by atoms with E-state index in [-0.39, 0.29) is 24.3 Å². The molecule has 0 radical (unpaired) electrons. The number of aliphatic hydroxyl groups excluding tert-OH is 1. The lowest BCUT2D eigenvalue weighted by atomic mass is 9.62. The summed E-state index contributed by atoms with van der Waals surface area (Å²) in [6.45, 7) is 3.85. The Hall–Kier alpha value is -3.72. The van der Waals surface area contributed by atoms with E-state index in [1.165, 1.54) is 4.90 Å². The average Bonchev–Trinajstić information content (AvgIpc) is 3.53. The fourth-order valence-electron chi connectivity index (χ4n) is 7.55. The minimum Gasteiger partial charge on any atom is -0.394 e. The molecule has 3 saturated heterocycles. The number of anilines is 1. The normalized spacial score (nSPS) is 29.8. The third-order valence-electron chi connectivity index (χ3n) is 9.62. The zero-order valence-corrected chi connectivity index (χ0v) is 25.0. The second-order valence-corrected chi connectivity index (χ2v) is 12.6. The molecule has 2 bridgehead atoms. The minimum atomic E-state index is -1.24. The first-order chi connectivity index (χ1) is 20.7. The molecular formula is C34H36ClN3O5. The molecule has 3 heterocycles. The highest BCUT2D eigenvalue weighted by molar-refractivity contribution is 6.30. The number of ether oxygens (including phenoxy) is 1. The highest BCUT2D eigenvalue weighted by atomic mass is 35.5. The SMILES string of the molecule is CC1CC23O[C@@]1(C)[C@H](C(=O)NCc1ccccc1)[C@H]2C(=O)N([C@@H](CO)Cc1ccccc1)C3C(=O)Nc1ccc(Cl)cc1. The summed E-state index contributed by atoms with van der Waals surface area (Å²) >= 11 is 6.07. The largest absolute Gasteiger partial charge is 0.394 e. The third-order valence-corrected chi connectivity index (χ3v) is 9.87. The number of nitrogens with zero attached hydrogens (tertiary/aromatic N) is 1. The van der Waals surface area contributed by atoms with Crippen molar-refractivity contribution in [2.24, 2.45) is 17.8 Å². The van der Waals surface area contributed by atoms with Crippen LogP contribution >= 0.6 is 11.6 Å². The fourth-order valence-corrected chi connectivity index (χ4v) is 7.67. The van der Waals surface area contributed by atoms with Crippen LogP contribution in [-0.2, 0) is 32.1 Å². The summed E-state index contributed by atoms with van der Waals surface area (Å²) in [5.74, 6) is -2.83. The van der Waals surface area contributed by atoms with Crippen LogP contribution in [0, 0.1) is 17.8 Å². The van der Waals surface area contributed by atoms with Crippen LogP contribution in [0.1, 0.15) is 31.4 Å². The van der Waals surface area contributed by atoms with Gasteiger partial charge in [-0.3, -0.25) is 14.4 Å². The Kier molecular flexibility index (Phi) is 7.79. The molecule has 224 valence electrons. The predicted molar refractivity (Wildman–Crippen MR) is 163 cm³/mol. The maximum atomic E-state index is 14.6. The molecular weight excluding hydrogens is 566 g/mol. The number of aliphatic hydroxyl groups is 1. The van der Waals surface area contributed by atoms with Gasteiger partial charge in [0.2, 0.25) is 17.7 Å². The quantitative estimate of drug-likeness (QED) is 0.341. The first-order valence-corrected chi connectivity index (χ1v) is 15.1. The van der Waals surface area contributed by atoms with Crippen molar-refractivity contribution in [1.29, 1.82) is 0 Å². The molecule has 0 aliphatic carbocycles. The standard InChI is InChI=1S/C34H36ClN3O5/c1-21-18-34-28(27(33(21,2)43-34)30(40)36-19-23-11-7-4-8-12-23)32(42)38(26(20-39)17-22-9-5-3-6-10-22)29(34)31(41)37-25-15-13-24(35)14-16-25/h3-16,21,26-29,39H,17-20H2,1-2H3,(H,36,40)(H,37,41)/t21?,26-,27+,28+,29?,33-,34?/m1/s1. The molecule has 9 heteroatoms. The fraction of sp³-hybridized carbons (Fsp3) is 0.382. The molecule has 3 unspecified atom stereocenters. The molecule has 0 saturated carbocycles. The van der Waals surface area contributed by atoms with Crippen molar-refractivity contribution in [2.75, 3.05) is 11.9 Å². The summed E-state index contributed by atoms with van der Waals surface area (Å²) in [6.07, 6.45) is 0.773. The van der Waals surface area contributed by atoms with Crippen LogP contribution < -0.4 is 10.6 Å². The minimum absolute atomic E-state index is 0.100. The van der Waals surface area contributed by atoms with E-state index in [9.17, 15) is 19.5 Å².